The number of rotatable bonds is 2. The normalized spacial score (nSPS) is 12.5. The van der Waals surface area contributed by atoms with Crippen molar-refractivity contribution in [1.82, 2.24) is 10.3 Å². The van der Waals surface area contributed by atoms with Gasteiger partial charge in [0.2, 0.25) is 0 Å². The maximum Gasteiger partial charge on any atom is 0.139 e. The smallest absolute Gasteiger partial charge is 0.139 e. The van der Waals surface area contributed by atoms with E-state index in [0.29, 0.717) is 22.9 Å². The highest BCUT2D eigenvalue weighted by molar-refractivity contribution is 6.35. The monoisotopic (exact) mass is 347 g/mol. The molecule has 4 nitrogen and oxygen atoms in total. The van der Waals surface area contributed by atoms with Crippen molar-refractivity contribution in [2.24, 2.45) is 0 Å². The summed E-state index contributed by atoms with van der Waals surface area (Å²) in [5, 5.41) is 13.6. The topological polar surface area (TPSA) is 57.9 Å². The lowest BCUT2D eigenvalue weighted by Crippen LogP contribution is -2.03. The van der Waals surface area contributed by atoms with E-state index in [2.05, 4.69) is 30.2 Å². The van der Waals surface area contributed by atoms with Gasteiger partial charge in [-0.2, -0.15) is 5.26 Å². The molecule has 1 aromatic heterocycles. The molecule has 24 heavy (non-hydrogen) atoms. The number of halogens is 1. The molecule has 1 aromatic carbocycles. The van der Waals surface area contributed by atoms with Crippen LogP contribution in [0.25, 0.3) is 10.9 Å². The van der Waals surface area contributed by atoms with Gasteiger partial charge in [-0.3, -0.25) is 4.98 Å². The molecule has 5 heteroatoms. The highest BCUT2D eigenvalue weighted by Gasteiger charge is 2.08. The summed E-state index contributed by atoms with van der Waals surface area (Å²) >= 11 is 6.03. The second-order valence-corrected chi connectivity index (χ2v) is 5.77. The van der Waals surface area contributed by atoms with Crippen LogP contribution in [0.1, 0.15) is 45.6 Å². The summed E-state index contributed by atoms with van der Waals surface area (Å²) in [5.74, 6) is 0.548. The van der Waals surface area contributed by atoms with E-state index in [9.17, 15) is 0 Å². The number of nitrogens with zero attached hydrogens (tertiary/aromatic N) is 2. The summed E-state index contributed by atoms with van der Waals surface area (Å²) in [6, 6.07) is 7.23. The van der Waals surface area contributed by atoms with Gasteiger partial charge >= 0.3 is 0 Å². The molecular formula is C19H26ClN3O. The summed E-state index contributed by atoms with van der Waals surface area (Å²) < 4.78 is 5.37. The Bertz CT molecular complexity index is 656. The van der Waals surface area contributed by atoms with Crippen molar-refractivity contribution < 1.29 is 4.74 Å². The first kappa shape index (κ1) is 20.2. The zero-order chi connectivity index (χ0) is 17.8. The Kier molecular flexibility index (Phi) is 9.83. The van der Waals surface area contributed by atoms with Crippen molar-refractivity contribution in [3.8, 4) is 11.8 Å². The summed E-state index contributed by atoms with van der Waals surface area (Å²) in [6.45, 7) is 9.14. The van der Waals surface area contributed by atoms with Crippen LogP contribution in [0.4, 0.5) is 0 Å². The minimum absolute atomic E-state index is 0.476. The third-order valence-electron chi connectivity index (χ3n) is 3.17. The second kappa shape index (κ2) is 11.7. The first-order chi connectivity index (χ1) is 11.7. The van der Waals surface area contributed by atoms with Crippen molar-refractivity contribution in [3.05, 3.63) is 35.0 Å². The molecule has 1 saturated heterocycles. The van der Waals surface area contributed by atoms with Gasteiger partial charge in [0.05, 0.1) is 22.7 Å². The summed E-state index contributed by atoms with van der Waals surface area (Å²) in [4.78, 5) is 4.19. The fourth-order valence-corrected chi connectivity index (χ4v) is 2.33. The molecule has 1 N–H and O–H groups in total. The summed E-state index contributed by atoms with van der Waals surface area (Å²) in [5.41, 5.74) is 1.21. The van der Waals surface area contributed by atoms with E-state index in [4.69, 9.17) is 21.6 Å². The predicted molar refractivity (Wildman–Crippen MR) is 101 cm³/mol. The molecule has 0 amide bonds. The molecule has 130 valence electrons. The number of hydrogen-bond donors (Lipinski definition) is 1. The van der Waals surface area contributed by atoms with Crippen LogP contribution in [0.5, 0.6) is 5.75 Å². The number of nitriles is 1. The number of ether oxygens (including phenoxy) is 1. The van der Waals surface area contributed by atoms with E-state index in [0.717, 1.165) is 10.9 Å². The maximum atomic E-state index is 9.00. The Morgan fingerprint density at radius 1 is 1.25 bits per heavy atom. The van der Waals surface area contributed by atoms with E-state index in [1.54, 1.807) is 24.4 Å². The number of nitrogens with one attached hydrogen (secondary N) is 1. The fourth-order valence-electron chi connectivity index (χ4n) is 2.13. The average molecular weight is 348 g/mol. The number of aromatic nitrogens is 1. The van der Waals surface area contributed by atoms with Crippen molar-refractivity contribution in [2.45, 2.75) is 40.0 Å². The van der Waals surface area contributed by atoms with Crippen LogP contribution in [0.15, 0.2) is 24.4 Å². The largest absolute Gasteiger partial charge is 0.492 e. The van der Waals surface area contributed by atoms with Gasteiger partial charge < -0.3 is 10.1 Å². The Hall–Kier alpha value is -1.83. The minimum Gasteiger partial charge on any atom is -0.492 e. The maximum absolute atomic E-state index is 9.00. The molecule has 0 spiro atoms. The van der Waals surface area contributed by atoms with Crippen LogP contribution in [0.2, 0.25) is 5.02 Å². The lowest BCUT2D eigenvalue weighted by atomic mass is 10.1. The minimum atomic E-state index is 0.476. The first-order valence-electron chi connectivity index (χ1n) is 8.49. The SMILES string of the molecule is C1CCNC1.CCC.CCOc1cc2nccc(Cl)c2cc1C#N. The average Bonchev–Trinajstić information content (AvgIpc) is 3.15. The van der Waals surface area contributed by atoms with Gasteiger partial charge in [-0.15, -0.1) is 0 Å². The first-order valence-corrected chi connectivity index (χ1v) is 8.87. The van der Waals surface area contributed by atoms with Gasteiger partial charge in [0.25, 0.3) is 0 Å². The molecule has 0 bridgehead atoms. The van der Waals surface area contributed by atoms with Crippen LogP contribution in [-0.2, 0) is 0 Å². The van der Waals surface area contributed by atoms with Crippen LogP contribution in [0.3, 0.4) is 0 Å². The van der Waals surface area contributed by atoms with Crippen LogP contribution >= 0.6 is 11.6 Å². The molecule has 1 fully saturated rings. The zero-order valence-corrected chi connectivity index (χ0v) is 15.5. The lowest BCUT2D eigenvalue weighted by Gasteiger charge is -2.07. The third-order valence-corrected chi connectivity index (χ3v) is 3.50. The predicted octanol–water partition coefficient (Wildman–Crippen LogP) is 4.94. The van der Waals surface area contributed by atoms with Crippen molar-refractivity contribution >= 4 is 22.5 Å². The molecule has 1 aliphatic heterocycles. The zero-order valence-electron chi connectivity index (χ0n) is 14.7. The molecule has 0 radical (unpaired) electrons. The van der Waals surface area contributed by atoms with Gasteiger partial charge in [-0.1, -0.05) is 31.9 Å². The van der Waals surface area contributed by atoms with Gasteiger partial charge in [0.15, 0.2) is 0 Å². The third kappa shape index (κ3) is 6.35. The van der Waals surface area contributed by atoms with Crippen LogP contribution in [-0.4, -0.2) is 24.7 Å². The van der Waals surface area contributed by atoms with Gasteiger partial charge in [0.1, 0.15) is 11.8 Å². The standard InChI is InChI=1S/C12H9ClN2O.C4H9N.C3H8/c1-2-16-12-6-11-9(5-8(12)7-14)10(13)3-4-15-11;1-2-4-5-3-1;1-3-2/h3-6H,2H2,1H3;5H,1-4H2;3H2,1-2H3. The van der Waals surface area contributed by atoms with E-state index >= 15 is 0 Å². The Morgan fingerprint density at radius 3 is 2.42 bits per heavy atom. The fraction of sp³-hybridized carbons (Fsp3) is 0.474. The molecule has 0 atom stereocenters. The Labute approximate surface area is 149 Å². The molecule has 0 aliphatic carbocycles. The molecular weight excluding hydrogens is 322 g/mol. The van der Waals surface area contributed by atoms with Gasteiger partial charge in [0, 0.05) is 17.6 Å². The highest BCUT2D eigenvalue weighted by atomic mass is 35.5. The van der Waals surface area contributed by atoms with Crippen molar-refractivity contribution in [2.75, 3.05) is 19.7 Å². The van der Waals surface area contributed by atoms with Crippen molar-refractivity contribution in [1.29, 1.82) is 5.26 Å². The highest BCUT2D eigenvalue weighted by Crippen LogP contribution is 2.28. The van der Waals surface area contributed by atoms with Crippen LogP contribution in [0, 0.1) is 11.3 Å². The Balaban J connectivity index is 0.000000298. The summed E-state index contributed by atoms with van der Waals surface area (Å²) in [6.07, 6.45) is 5.66. The number of hydrogen-bond acceptors (Lipinski definition) is 4. The number of fused-ring (bicyclic) bond motifs is 1. The lowest BCUT2D eigenvalue weighted by molar-refractivity contribution is 0.339. The number of pyridine rings is 1. The van der Waals surface area contributed by atoms with E-state index < -0.39 is 0 Å². The molecule has 0 saturated carbocycles. The second-order valence-electron chi connectivity index (χ2n) is 5.37. The molecule has 3 rings (SSSR count). The molecule has 1 aliphatic rings. The molecule has 2 heterocycles. The molecule has 2 aromatic rings. The summed E-state index contributed by atoms with van der Waals surface area (Å²) in [7, 11) is 0. The Morgan fingerprint density at radius 2 is 1.92 bits per heavy atom. The van der Waals surface area contributed by atoms with E-state index in [1.165, 1.54) is 32.4 Å². The van der Waals surface area contributed by atoms with Gasteiger partial charge in [-0.25, -0.2) is 0 Å². The van der Waals surface area contributed by atoms with Gasteiger partial charge in [-0.05, 0) is 45.0 Å². The van der Waals surface area contributed by atoms with Crippen LogP contribution < -0.4 is 10.1 Å². The van der Waals surface area contributed by atoms with Crippen molar-refractivity contribution in [3.63, 3.8) is 0 Å². The quantitative estimate of drug-likeness (QED) is 0.835. The molecule has 0 unspecified atom stereocenters. The number of benzene rings is 1. The van der Waals surface area contributed by atoms with E-state index in [-0.39, 0.29) is 0 Å². The van der Waals surface area contributed by atoms with E-state index in [1.807, 2.05) is 6.92 Å².